The van der Waals surface area contributed by atoms with Gasteiger partial charge in [0.2, 0.25) is 5.78 Å². The van der Waals surface area contributed by atoms with Gasteiger partial charge >= 0.3 is 5.97 Å². The van der Waals surface area contributed by atoms with Gasteiger partial charge in [-0.15, -0.1) is 11.3 Å². The number of ether oxygens (including phenoxy) is 1. The Morgan fingerprint density at radius 2 is 1.89 bits per heavy atom. The molecule has 0 bridgehead atoms. The lowest BCUT2D eigenvalue weighted by molar-refractivity contribution is 0.0552. The first-order valence-corrected chi connectivity index (χ1v) is 6.33. The fourth-order valence-electron chi connectivity index (χ4n) is 1.58. The van der Waals surface area contributed by atoms with Gasteiger partial charge in [-0.05, 0) is 17.5 Å². The van der Waals surface area contributed by atoms with Gasteiger partial charge in [0.25, 0.3) is 0 Å². The Kier molecular flexibility index (Phi) is 4.06. The largest absolute Gasteiger partial charge is 0.447 e. The molecule has 0 atom stereocenters. The number of rotatable bonds is 4. The molecule has 0 unspecified atom stereocenters. The zero-order chi connectivity index (χ0) is 13.7. The zero-order valence-corrected chi connectivity index (χ0v) is 10.6. The highest BCUT2D eigenvalue weighted by Crippen LogP contribution is 2.18. The van der Waals surface area contributed by atoms with E-state index in [1.54, 1.807) is 41.8 Å². The third-order valence-electron chi connectivity index (χ3n) is 2.40. The van der Waals surface area contributed by atoms with E-state index < -0.39 is 5.97 Å². The highest BCUT2D eigenvalue weighted by molar-refractivity contribution is 7.12. The van der Waals surface area contributed by atoms with Gasteiger partial charge in [0.15, 0.2) is 6.61 Å². The third kappa shape index (κ3) is 2.87. The maximum Gasteiger partial charge on any atom is 0.339 e. The van der Waals surface area contributed by atoms with Crippen molar-refractivity contribution in [2.45, 2.75) is 0 Å². The number of esters is 1. The van der Waals surface area contributed by atoms with Gasteiger partial charge in [-0.25, -0.2) is 4.79 Å². The number of carbonyl (C=O) groups is 2. The normalized spacial score (nSPS) is 9.63. The number of carbonyl (C=O) groups excluding carboxylic acids is 2. The van der Waals surface area contributed by atoms with Gasteiger partial charge in [-0.1, -0.05) is 24.3 Å². The van der Waals surface area contributed by atoms with E-state index >= 15 is 0 Å². The summed E-state index contributed by atoms with van der Waals surface area (Å²) in [6, 6.07) is 11.6. The molecule has 2 aromatic rings. The number of benzene rings is 1. The summed E-state index contributed by atoms with van der Waals surface area (Å²) < 4.78 is 4.74. The summed E-state index contributed by atoms with van der Waals surface area (Å²) in [5.74, 6) is -0.887. The van der Waals surface area contributed by atoms with E-state index in [0.717, 1.165) is 0 Å². The monoisotopic (exact) mass is 271 g/mol. The van der Waals surface area contributed by atoms with Crippen LogP contribution < -0.4 is 0 Å². The summed E-state index contributed by atoms with van der Waals surface area (Å²) in [4.78, 5) is 24.6. The highest BCUT2D eigenvalue weighted by Gasteiger charge is 2.19. The molecule has 0 aliphatic heterocycles. The minimum Gasteiger partial charge on any atom is -0.447 e. The maximum atomic E-state index is 12.2. The zero-order valence-electron chi connectivity index (χ0n) is 9.83. The fourth-order valence-corrected chi connectivity index (χ4v) is 2.25. The van der Waals surface area contributed by atoms with Gasteiger partial charge in [0.05, 0.1) is 10.4 Å². The number of hydrogen-bond donors (Lipinski definition) is 0. The van der Waals surface area contributed by atoms with Crippen LogP contribution in [-0.2, 0) is 4.74 Å². The molecule has 4 nitrogen and oxygen atoms in total. The molecule has 0 spiro atoms. The smallest absolute Gasteiger partial charge is 0.339 e. The summed E-state index contributed by atoms with van der Waals surface area (Å²) in [6.45, 7) is -0.333. The molecule has 1 heterocycles. The summed E-state index contributed by atoms with van der Waals surface area (Å²) in [5.41, 5.74) is 0.462. The second kappa shape index (κ2) is 5.94. The van der Waals surface area contributed by atoms with Crippen LogP contribution in [0.1, 0.15) is 25.6 Å². The molecule has 5 heteroatoms. The van der Waals surface area contributed by atoms with Crippen LogP contribution in [0, 0.1) is 11.3 Å². The van der Waals surface area contributed by atoms with Crippen molar-refractivity contribution in [3.63, 3.8) is 0 Å². The molecule has 94 valence electrons. The molecular formula is C14H9NO3S. The van der Waals surface area contributed by atoms with Crippen LogP contribution in [0.15, 0.2) is 41.8 Å². The number of hydrogen-bond acceptors (Lipinski definition) is 5. The van der Waals surface area contributed by atoms with Gasteiger partial charge in [0, 0.05) is 5.56 Å². The van der Waals surface area contributed by atoms with Crippen molar-refractivity contribution in [2.75, 3.05) is 6.61 Å². The number of nitriles is 1. The van der Waals surface area contributed by atoms with E-state index in [9.17, 15) is 9.59 Å². The molecule has 0 radical (unpaired) electrons. The van der Waals surface area contributed by atoms with Gasteiger partial charge < -0.3 is 4.74 Å². The minimum absolute atomic E-state index is 0.177. The quantitative estimate of drug-likeness (QED) is 0.633. The molecule has 0 saturated heterocycles. The van der Waals surface area contributed by atoms with Gasteiger partial charge in [-0.2, -0.15) is 5.26 Å². The first kappa shape index (κ1) is 13.0. The summed E-state index contributed by atoms with van der Waals surface area (Å²) in [5, 5.41) is 10.2. The highest BCUT2D eigenvalue weighted by atomic mass is 32.1. The Balaban J connectivity index is 2.34. The van der Waals surface area contributed by atoms with Crippen LogP contribution in [0.2, 0.25) is 0 Å². The van der Waals surface area contributed by atoms with Crippen LogP contribution in [0.25, 0.3) is 0 Å². The third-order valence-corrected chi connectivity index (χ3v) is 3.27. The SMILES string of the molecule is N#CCOC(=O)c1ccccc1C(=O)c1cccs1. The Labute approximate surface area is 113 Å². The van der Waals surface area contributed by atoms with Crippen LogP contribution in [0.5, 0.6) is 0 Å². The van der Waals surface area contributed by atoms with Gasteiger partial charge in [0.1, 0.15) is 6.07 Å². The molecule has 0 amide bonds. The molecule has 0 fully saturated rings. The second-order valence-electron chi connectivity index (χ2n) is 3.59. The summed E-state index contributed by atoms with van der Waals surface area (Å²) in [7, 11) is 0. The van der Waals surface area contributed by atoms with Crippen molar-refractivity contribution < 1.29 is 14.3 Å². The lowest BCUT2D eigenvalue weighted by atomic mass is 10.0. The van der Waals surface area contributed by atoms with Crippen molar-refractivity contribution in [2.24, 2.45) is 0 Å². The van der Waals surface area contributed by atoms with Crippen molar-refractivity contribution in [3.8, 4) is 6.07 Å². The maximum absolute atomic E-state index is 12.2. The Hall–Kier alpha value is -2.45. The van der Waals surface area contributed by atoms with E-state index in [4.69, 9.17) is 10.00 Å². The fraction of sp³-hybridized carbons (Fsp3) is 0.0714. The summed E-state index contributed by atoms with van der Waals surface area (Å²) >= 11 is 1.31. The Bertz CT molecular complexity index is 641. The lowest BCUT2D eigenvalue weighted by Gasteiger charge is -2.06. The average Bonchev–Trinajstić information content (AvgIpc) is 2.98. The number of nitrogens with zero attached hydrogens (tertiary/aromatic N) is 1. The molecule has 0 aliphatic rings. The molecule has 0 N–H and O–H groups in total. The van der Waals surface area contributed by atoms with Crippen molar-refractivity contribution in [1.82, 2.24) is 0 Å². The molecule has 0 aliphatic carbocycles. The van der Waals surface area contributed by atoms with E-state index in [1.165, 1.54) is 17.4 Å². The van der Waals surface area contributed by atoms with Crippen molar-refractivity contribution in [3.05, 3.63) is 57.8 Å². The van der Waals surface area contributed by atoms with E-state index in [-0.39, 0.29) is 23.5 Å². The molecule has 1 aromatic carbocycles. The van der Waals surface area contributed by atoms with Gasteiger partial charge in [-0.3, -0.25) is 4.79 Å². The predicted molar refractivity (Wildman–Crippen MR) is 70.1 cm³/mol. The molecular weight excluding hydrogens is 262 g/mol. The Morgan fingerprint density at radius 1 is 1.16 bits per heavy atom. The topological polar surface area (TPSA) is 67.2 Å². The number of thiophene rings is 1. The average molecular weight is 271 g/mol. The molecule has 2 rings (SSSR count). The Morgan fingerprint density at radius 3 is 2.53 bits per heavy atom. The second-order valence-corrected chi connectivity index (χ2v) is 4.53. The van der Waals surface area contributed by atoms with E-state index in [0.29, 0.717) is 4.88 Å². The number of ketones is 1. The molecule has 0 saturated carbocycles. The van der Waals surface area contributed by atoms with E-state index in [2.05, 4.69) is 0 Å². The van der Waals surface area contributed by atoms with Crippen molar-refractivity contribution in [1.29, 1.82) is 5.26 Å². The molecule has 1 aromatic heterocycles. The van der Waals surface area contributed by atoms with E-state index in [1.807, 2.05) is 0 Å². The van der Waals surface area contributed by atoms with Crippen LogP contribution in [0.3, 0.4) is 0 Å². The van der Waals surface area contributed by atoms with Crippen LogP contribution in [0.4, 0.5) is 0 Å². The summed E-state index contributed by atoms with van der Waals surface area (Å²) in [6.07, 6.45) is 0. The van der Waals surface area contributed by atoms with Crippen LogP contribution >= 0.6 is 11.3 Å². The van der Waals surface area contributed by atoms with Crippen molar-refractivity contribution >= 4 is 23.1 Å². The lowest BCUT2D eigenvalue weighted by Crippen LogP contribution is -2.12. The van der Waals surface area contributed by atoms with Crippen LogP contribution in [-0.4, -0.2) is 18.4 Å². The minimum atomic E-state index is -0.665. The standard InChI is InChI=1S/C14H9NO3S/c15-7-8-18-14(17)11-5-2-1-4-10(11)13(16)12-6-3-9-19-12/h1-6,9H,8H2. The first-order valence-electron chi connectivity index (χ1n) is 5.45. The predicted octanol–water partition coefficient (Wildman–Crippen LogP) is 2.66. The first-order chi connectivity index (χ1) is 9.24. The molecule has 19 heavy (non-hydrogen) atoms.